The van der Waals surface area contributed by atoms with Crippen LogP contribution in [0.1, 0.15) is 72.2 Å². The highest BCUT2D eigenvalue weighted by Crippen LogP contribution is 2.21. The minimum atomic E-state index is 0.291. The van der Waals surface area contributed by atoms with E-state index >= 15 is 0 Å². The molecule has 4 nitrogen and oxygen atoms in total. The fourth-order valence-electron chi connectivity index (χ4n) is 7.47. The summed E-state index contributed by atoms with van der Waals surface area (Å²) in [7, 11) is 0. The van der Waals surface area contributed by atoms with Crippen molar-refractivity contribution >= 4 is 34.2 Å². The second kappa shape index (κ2) is 23.2. The zero-order valence-corrected chi connectivity index (χ0v) is 37.7. The molecule has 2 atom stereocenters. The fourth-order valence-corrected chi connectivity index (χ4v) is 7.47. The predicted molar refractivity (Wildman–Crippen MR) is 274 cm³/mol. The summed E-state index contributed by atoms with van der Waals surface area (Å²) in [5, 5.41) is 7.27. The lowest BCUT2D eigenvalue weighted by Gasteiger charge is -2.24. The molecule has 320 valence electrons. The van der Waals surface area contributed by atoms with E-state index in [1.165, 1.54) is 44.5 Å². The van der Waals surface area contributed by atoms with Crippen molar-refractivity contribution in [3.05, 3.63) is 263 Å². The monoisotopic (exact) mass is 836 g/mol. The van der Waals surface area contributed by atoms with Crippen molar-refractivity contribution in [3.63, 3.8) is 0 Å². The molecule has 2 N–H and O–H groups in total. The van der Waals surface area contributed by atoms with Gasteiger partial charge >= 0.3 is 0 Å². The Morgan fingerprint density at radius 1 is 0.312 bits per heavy atom. The molecule has 0 aliphatic rings. The smallest absolute Gasteiger partial charge is 0.0633 e. The predicted octanol–water partition coefficient (Wildman–Crippen LogP) is 14.9. The molecule has 2 unspecified atom stereocenters. The highest BCUT2D eigenvalue weighted by Gasteiger charge is 2.12. The Morgan fingerprint density at radius 3 is 0.781 bits per heavy atom. The molecule has 4 heteroatoms. The molecule has 0 fully saturated rings. The van der Waals surface area contributed by atoms with Gasteiger partial charge in [0.25, 0.3) is 0 Å². The van der Waals surface area contributed by atoms with Gasteiger partial charge in [0.15, 0.2) is 0 Å². The summed E-state index contributed by atoms with van der Waals surface area (Å²) < 4.78 is 0. The highest BCUT2D eigenvalue weighted by atomic mass is 15.0. The standard InChI is InChI=1S/C30H32N2.C30H28N2/c2*1-23(31-29-17-13-27(14-18-29)21-25-9-5-3-6-10-25)24(2)32-30-19-15-28(16-20-30)22-26-11-7-4-8-12-26/h3-20,23-24,31-32H,21-22H2,1-2H3;3-20H,21-22H2,1-2H3. The Labute approximate surface area is 381 Å². The zero-order chi connectivity index (χ0) is 44.4. The number of anilines is 2. The van der Waals surface area contributed by atoms with Gasteiger partial charge < -0.3 is 10.6 Å². The third-order valence-electron chi connectivity index (χ3n) is 11.4. The van der Waals surface area contributed by atoms with Gasteiger partial charge in [0.2, 0.25) is 0 Å². The Balaban J connectivity index is 0.000000191. The maximum Gasteiger partial charge on any atom is 0.0633 e. The number of benzene rings is 8. The van der Waals surface area contributed by atoms with E-state index in [1.54, 1.807) is 0 Å². The third kappa shape index (κ3) is 14.4. The maximum atomic E-state index is 4.76. The Hall–Kier alpha value is -7.30. The molecule has 64 heavy (non-hydrogen) atoms. The van der Waals surface area contributed by atoms with Gasteiger partial charge in [-0.1, -0.05) is 170 Å². The van der Waals surface area contributed by atoms with Crippen molar-refractivity contribution in [2.24, 2.45) is 9.98 Å². The molecule has 0 aromatic heterocycles. The number of hydrogen-bond donors (Lipinski definition) is 2. The number of rotatable bonds is 16. The summed E-state index contributed by atoms with van der Waals surface area (Å²) in [6.07, 6.45) is 3.80. The Morgan fingerprint density at radius 2 is 0.531 bits per heavy atom. The second-order valence-electron chi connectivity index (χ2n) is 16.6. The van der Waals surface area contributed by atoms with Crippen molar-refractivity contribution in [2.75, 3.05) is 10.6 Å². The summed E-state index contributed by atoms with van der Waals surface area (Å²) in [4.78, 5) is 9.53. The van der Waals surface area contributed by atoms with Crippen molar-refractivity contribution in [1.82, 2.24) is 0 Å². The van der Waals surface area contributed by atoms with Crippen LogP contribution >= 0.6 is 0 Å². The number of nitrogens with zero attached hydrogens (tertiary/aromatic N) is 2. The first kappa shape index (κ1) is 44.7. The minimum absolute atomic E-state index is 0.291. The van der Waals surface area contributed by atoms with Gasteiger partial charge in [-0.05, 0) is 146 Å². The van der Waals surface area contributed by atoms with Crippen molar-refractivity contribution in [2.45, 2.75) is 65.5 Å². The molecule has 0 heterocycles. The minimum Gasteiger partial charge on any atom is -0.381 e. The van der Waals surface area contributed by atoms with E-state index in [4.69, 9.17) is 9.98 Å². The van der Waals surface area contributed by atoms with Crippen LogP contribution in [-0.4, -0.2) is 23.5 Å². The van der Waals surface area contributed by atoms with Crippen LogP contribution in [0.15, 0.2) is 228 Å². The lowest BCUT2D eigenvalue weighted by atomic mass is 10.0. The first-order valence-corrected chi connectivity index (χ1v) is 22.5. The van der Waals surface area contributed by atoms with E-state index < -0.39 is 0 Å². The molecule has 0 aliphatic heterocycles. The molecule has 0 bridgehead atoms. The third-order valence-corrected chi connectivity index (χ3v) is 11.4. The highest BCUT2D eigenvalue weighted by molar-refractivity contribution is 6.41. The van der Waals surface area contributed by atoms with Gasteiger partial charge in [-0.3, -0.25) is 9.98 Å². The van der Waals surface area contributed by atoms with Crippen molar-refractivity contribution in [1.29, 1.82) is 0 Å². The fraction of sp³-hybridized carbons (Fsp3) is 0.167. The first-order valence-electron chi connectivity index (χ1n) is 22.5. The van der Waals surface area contributed by atoms with Crippen molar-refractivity contribution < 1.29 is 0 Å². The molecule has 0 amide bonds. The number of nitrogens with one attached hydrogen (secondary N) is 2. The average molecular weight is 837 g/mol. The van der Waals surface area contributed by atoms with E-state index in [-0.39, 0.29) is 0 Å². The van der Waals surface area contributed by atoms with Gasteiger partial charge in [0.05, 0.1) is 22.8 Å². The first-order chi connectivity index (χ1) is 31.3. The van der Waals surface area contributed by atoms with E-state index in [0.717, 1.165) is 59.9 Å². The normalized spacial score (nSPS) is 12.4. The second-order valence-corrected chi connectivity index (χ2v) is 16.6. The average Bonchev–Trinajstić information content (AvgIpc) is 3.33. The molecule has 8 aromatic carbocycles. The van der Waals surface area contributed by atoms with Gasteiger partial charge in [0, 0.05) is 23.5 Å². The summed E-state index contributed by atoms with van der Waals surface area (Å²) >= 11 is 0. The summed E-state index contributed by atoms with van der Waals surface area (Å²) in [6, 6.07) is 77.3. The summed E-state index contributed by atoms with van der Waals surface area (Å²) in [6.45, 7) is 8.47. The molecule has 0 radical (unpaired) electrons. The lowest BCUT2D eigenvalue weighted by Crippen LogP contribution is -2.34. The zero-order valence-electron chi connectivity index (χ0n) is 37.7. The Bertz CT molecular complexity index is 2450. The quantitative estimate of drug-likeness (QED) is 0.0953. The van der Waals surface area contributed by atoms with Crippen LogP contribution in [0.5, 0.6) is 0 Å². The van der Waals surface area contributed by atoms with Crippen LogP contribution in [-0.2, 0) is 25.7 Å². The molecule has 8 aromatic rings. The van der Waals surface area contributed by atoms with Crippen LogP contribution in [0.2, 0.25) is 0 Å². The van der Waals surface area contributed by atoms with Gasteiger partial charge in [-0.2, -0.15) is 0 Å². The topological polar surface area (TPSA) is 48.8 Å². The van der Waals surface area contributed by atoms with Gasteiger partial charge in [-0.25, -0.2) is 0 Å². The van der Waals surface area contributed by atoms with E-state index in [9.17, 15) is 0 Å². The van der Waals surface area contributed by atoms with E-state index in [2.05, 4.69) is 231 Å². The van der Waals surface area contributed by atoms with Crippen molar-refractivity contribution in [3.8, 4) is 0 Å². The molecular weight excluding hydrogens is 777 g/mol. The van der Waals surface area contributed by atoms with E-state index in [0.29, 0.717) is 12.1 Å². The summed E-state index contributed by atoms with van der Waals surface area (Å²) in [5.74, 6) is 0. The number of hydrogen-bond acceptors (Lipinski definition) is 4. The maximum absolute atomic E-state index is 4.76. The summed E-state index contributed by atoms with van der Waals surface area (Å²) in [5.41, 5.74) is 16.6. The SMILES string of the molecule is CC(=Nc1ccc(Cc2ccccc2)cc1)C(C)=Nc1ccc(Cc2ccccc2)cc1.CC(Nc1ccc(Cc2ccccc2)cc1)C(C)Nc1ccc(Cc2ccccc2)cc1. The molecule has 0 spiro atoms. The van der Waals surface area contributed by atoms with Crippen LogP contribution in [0.4, 0.5) is 22.7 Å². The lowest BCUT2D eigenvalue weighted by molar-refractivity contribution is 0.677. The van der Waals surface area contributed by atoms with E-state index in [1.807, 2.05) is 26.0 Å². The Kier molecular flexibility index (Phi) is 16.2. The molecule has 0 aliphatic carbocycles. The largest absolute Gasteiger partial charge is 0.381 e. The molecule has 0 saturated carbocycles. The van der Waals surface area contributed by atoms with Crippen LogP contribution < -0.4 is 10.6 Å². The van der Waals surface area contributed by atoms with Crippen LogP contribution in [0, 0.1) is 0 Å². The van der Waals surface area contributed by atoms with Gasteiger partial charge in [-0.15, -0.1) is 0 Å². The van der Waals surface area contributed by atoms with Crippen LogP contribution in [0.25, 0.3) is 0 Å². The van der Waals surface area contributed by atoms with Gasteiger partial charge in [0.1, 0.15) is 0 Å². The number of aliphatic imine (C=N–C) groups is 2. The molecular formula is C60H60N4. The van der Waals surface area contributed by atoms with Crippen LogP contribution in [0.3, 0.4) is 0 Å². The molecule has 8 rings (SSSR count). The molecule has 0 saturated heterocycles.